The van der Waals surface area contributed by atoms with Gasteiger partial charge in [0.05, 0.1) is 0 Å². The third kappa shape index (κ3) is 2.76. The van der Waals surface area contributed by atoms with Gasteiger partial charge in [0, 0.05) is 5.92 Å². The number of rotatable bonds is 2. The molecule has 20 heavy (non-hydrogen) atoms. The van der Waals surface area contributed by atoms with Crippen molar-refractivity contribution < 1.29 is 0 Å². The Labute approximate surface area is 123 Å². The highest BCUT2D eigenvalue weighted by atomic mass is 31.0. The van der Waals surface area contributed by atoms with Gasteiger partial charge >= 0.3 is 0 Å². The van der Waals surface area contributed by atoms with Crippen molar-refractivity contribution in [3.8, 4) is 0 Å². The molecule has 0 amide bonds. The van der Waals surface area contributed by atoms with Crippen molar-refractivity contribution in [2.45, 2.75) is 12.8 Å². The monoisotopic (exact) mass is 278 g/mol. The smallest absolute Gasteiger partial charge is 0.00874 e. The highest BCUT2D eigenvalue weighted by Crippen LogP contribution is 2.34. The zero-order valence-corrected chi connectivity index (χ0v) is 12.8. The van der Waals surface area contributed by atoms with Crippen LogP contribution < -0.4 is 5.30 Å². The molecule has 0 spiro atoms. The molecule has 3 unspecified atom stereocenters. The molecule has 3 rings (SSSR count). The first-order valence-electron chi connectivity index (χ1n) is 7.05. The van der Waals surface area contributed by atoms with E-state index in [4.69, 9.17) is 0 Å². The third-order valence-electron chi connectivity index (χ3n) is 3.93. The molecule has 0 heterocycles. The number of hydrogen-bond acceptors (Lipinski definition) is 0. The molecule has 0 bridgehead atoms. The molecule has 100 valence electrons. The van der Waals surface area contributed by atoms with Crippen LogP contribution in [0.4, 0.5) is 0 Å². The minimum Gasteiger partial charge on any atom is -0.106 e. The van der Waals surface area contributed by atoms with Crippen LogP contribution in [0, 0.1) is 5.92 Å². The molecule has 1 heteroatoms. The molecule has 0 fully saturated rings. The van der Waals surface area contributed by atoms with Crippen molar-refractivity contribution in [3.05, 3.63) is 84.0 Å². The molecule has 0 nitrogen and oxygen atoms in total. The lowest BCUT2D eigenvalue weighted by Gasteiger charge is -2.24. The van der Waals surface area contributed by atoms with Crippen LogP contribution in [-0.2, 0) is 0 Å². The summed E-state index contributed by atoms with van der Waals surface area (Å²) in [5, 5.41) is 1.22. The Morgan fingerprint density at radius 3 is 2.30 bits per heavy atom. The predicted octanol–water partition coefficient (Wildman–Crippen LogP) is 4.56. The van der Waals surface area contributed by atoms with Gasteiger partial charge in [-0.15, -0.1) is 9.24 Å². The van der Waals surface area contributed by atoms with Crippen LogP contribution >= 0.6 is 9.24 Å². The van der Waals surface area contributed by atoms with Crippen molar-refractivity contribution in [1.82, 2.24) is 0 Å². The number of allylic oxidation sites excluding steroid dienone is 4. The molecule has 0 N–H and O–H groups in total. The van der Waals surface area contributed by atoms with Crippen LogP contribution in [0.3, 0.4) is 0 Å². The first-order chi connectivity index (χ1) is 9.74. The molecular weight excluding hydrogens is 259 g/mol. The molecule has 0 saturated heterocycles. The molecule has 0 saturated carbocycles. The van der Waals surface area contributed by atoms with Crippen molar-refractivity contribution in [2.75, 3.05) is 0 Å². The van der Waals surface area contributed by atoms with Crippen LogP contribution in [0.5, 0.6) is 0 Å². The van der Waals surface area contributed by atoms with E-state index < -0.39 is 0 Å². The molecule has 3 atom stereocenters. The minimum absolute atomic E-state index is 0.465. The second kappa shape index (κ2) is 5.77. The fourth-order valence-electron chi connectivity index (χ4n) is 2.72. The van der Waals surface area contributed by atoms with Crippen LogP contribution in [0.1, 0.15) is 24.0 Å². The summed E-state index contributed by atoms with van der Waals surface area (Å²) in [5.74, 6) is 1.01. The maximum Gasteiger partial charge on any atom is 0.00874 e. The second-order valence-corrected chi connectivity index (χ2v) is 6.07. The Hall–Kier alpha value is -1.65. The van der Waals surface area contributed by atoms with Crippen LogP contribution in [0.2, 0.25) is 0 Å². The Bertz CT molecular complexity index is 635. The Morgan fingerprint density at radius 2 is 1.60 bits per heavy atom. The van der Waals surface area contributed by atoms with Gasteiger partial charge in [0.2, 0.25) is 0 Å². The average Bonchev–Trinajstić information content (AvgIpc) is 2.50. The van der Waals surface area contributed by atoms with E-state index in [1.54, 1.807) is 0 Å². The van der Waals surface area contributed by atoms with E-state index in [1.807, 2.05) is 0 Å². The molecule has 2 aromatic rings. The molecule has 0 aliphatic heterocycles. The fraction of sp³-hybridized carbons (Fsp3) is 0.158. The van der Waals surface area contributed by atoms with Crippen molar-refractivity contribution in [3.63, 3.8) is 0 Å². The third-order valence-corrected chi connectivity index (χ3v) is 4.32. The Morgan fingerprint density at radius 1 is 0.900 bits per heavy atom. The van der Waals surface area contributed by atoms with E-state index in [-0.39, 0.29) is 0 Å². The van der Waals surface area contributed by atoms with E-state index >= 15 is 0 Å². The van der Waals surface area contributed by atoms with Crippen LogP contribution in [0.25, 0.3) is 5.57 Å². The maximum atomic E-state index is 2.73. The molecule has 0 radical (unpaired) electrons. The van der Waals surface area contributed by atoms with E-state index in [0.29, 0.717) is 11.8 Å². The standard InChI is InChI=1S/C19H19P/c1-14-7-8-17(15-9-11-18(20)12-10-15)13-19(14)16-5-3-2-4-6-16/h2-14,19H,20H2,1H3. The Balaban J connectivity index is 1.96. The summed E-state index contributed by atoms with van der Waals surface area (Å²) in [6.45, 7) is 2.28. The maximum absolute atomic E-state index is 2.73. The van der Waals surface area contributed by atoms with E-state index in [0.717, 1.165) is 0 Å². The van der Waals surface area contributed by atoms with E-state index in [9.17, 15) is 0 Å². The Kier molecular flexibility index (Phi) is 3.85. The van der Waals surface area contributed by atoms with Gasteiger partial charge in [-0.3, -0.25) is 0 Å². The molecule has 2 aromatic carbocycles. The summed E-state index contributed by atoms with van der Waals surface area (Å²) in [6.07, 6.45) is 6.97. The van der Waals surface area contributed by atoms with Gasteiger partial charge in [-0.1, -0.05) is 79.7 Å². The van der Waals surface area contributed by atoms with Gasteiger partial charge < -0.3 is 0 Å². The largest absolute Gasteiger partial charge is 0.106 e. The zero-order valence-electron chi connectivity index (χ0n) is 11.7. The van der Waals surface area contributed by atoms with Gasteiger partial charge in [-0.25, -0.2) is 0 Å². The predicted molar refractivity (Wildman–Crippen MR) is 91.3 cm³/mol. The molecular formula is C19H19P. The fourth-order valence-corrected chi connectivity index (χ4v) is 2.91. The topological polar surface area (TPSA) is 0 Å². The summed E-state index contributed by atoms with van der Waals surface area (Å²) in [5.41, 5.74) is 4.01. The van der Waals surface area contributed by atoms with Gasteiger partial charge in [0.1, 0.15) is 0 Å². The lowest BCUT2D eigenvalue weighted by atomic mass is 9.81. The van der Waals surface area contributed by atoms with Gasteiger partial charge in [0.15, 0.2) is 0 Å². The zero-order chi connectivity index (χ0) is 13.9. The van der Waals surface area contributed by atoms with Gasteiger partial charge in [-0.05, 0) is 27.9 Å². The average molecular weight is 278 g/mol. The summed E-state index contributed by atoms with van der Waals surface area (Å²) < 4.78 is 0. The van der Waals surface area contributed by atoms with Crippen LogP contribution in [0.15, 0.2) is 72.8 Å². The lowest BCUT2D eigenvalue weighted by molar-refractivity contribution is 0.637. The van der Waals surface area contributed by atoms with Crippen molar-refractivity contribution >= 4 is 20.1 Å². The molecule has 1 aliphatic carbocycles. The highest BCUT2D eigenvalue weighted by Gasteiger charge is 2.19. The first-order valence-corrected chi connectivity index (χ1v) is 7.62. The lowest BCUT2D eigenvalue weighted by Crippen LogP contribution is -2.09. The highest BCUT2D eigenvalue weighted by molar-refractivity contribution is 7.27. The van der Waals surface area contributed by atoms with Gasteiger partial charge in [-0.2, -0.15) is 0 Å². The van der Waals surface area contributed by atoms with Gasteiger partial charge in [0.25, 0.3) is 0 Å². The quantitative estimate of drug-likeness (QED) is 0.706. The minimum atomic E-state index is 0.465. The number of hydrogen-bond donors (Lipinski definition) is 0. The normalized spacial score (nSPS) is 21.6. The molecule has 0 aromatic heterocycles. The van der Waals surface area contributed by atoms with Crippen molar-refractivity contribution in [1.29, 1.82) is 0 Å². The second-order valence-electron chi connectivity index (χ2n) is 5.40. The SMILES string of the molecule is CC1C=CC(c2ccc(P)cc2)=CC1c1ccccc1. The summed E-state index contributed by atoms with van der Waals surface area (Å²) in [7, 11) is 2.73. The summed E-state index contributed by atoms with van der Waals surface area (Å²) in [6, 6.07) is 19.4. The van der Waals surface area contributed by atoms with Crippen LogP contribution in [-0.4, -0.2) is 0 Å². The van der Waals surface area contributed by atoms with E-state index in [1.165, 1.54) is 22.0 Å². The summed E-state index contributed by atoms with van der Waals surface area (Å²) >= 11 is 0. The number of benzene rings is 2. The first kappa shape index (κ1) is 13.3. The molecule has 1 aliphatic rings. The van der Waals surface area contributed by atoms with Crippen molar-refractivity contribution in [2.24, 2.45) is 5.92 Å². The van der Waals surface area contributed by atoms with E-state index in [2.05, 4.69) is 89.0 Å². The summed E-state index contributed by atoms with van der Waals surface area (Å²) in [4.78, 5) is 0.